The molecular formula is C19H20N4O4. The lowest BCUT2D eigenvalue weighted by Gasteiger charge is -2.20. The van der Waals surface area contributed by atoms with Gasteiger partial charge in [0.25, 0.3) is 5.56 Å². The molecule has 1 aromatic carbocycles. The predicted octanol–water partition coefficient (Wildman–Crippen LogP) is 1.64. The Bertz CT molecular complexity index is 954. The zero-order valence-electron chi connectivity index (χ0n) is 14.9. The normalized spacial score (nSPS) is 19.3. The van der Waals surface area contributed by atoms with Gasteiger partial charge in [-0.3, -0.25) is 4.79 Å². The van der Waals surface area contributed by atoms with Gasteiger partial charge in [0.05, 0.1) is 50.8 Å². The molecule has 0 radical (unpaired) electrons. The molecule has 2 aromatic heterocycles. The number of benzene rings is 1. The van der Waals surface area contributed by atoms with E-state index in [4.69, 9.17) is 13.9 Å². The summed E-state index contributed by atoms with van der Waals surface area (Å²) in [5, 5.41) is 7.95. The van der Waals surface area contributed by atoms with E-state index in [-0.39, 0.29) is 17.6 Å². The van der Waals surface area contributed by atoms with Crippen molar-refractivity contribution in [1.29, 1.82) is 0 Å². The van der Waals surface area contributed by atoms with E-state index in [1.807, 2.05) is 24.3 Å². The van der Waals surface area contributed by atoms with E-state index in [0.717, 1.165) is 17.1 Å². The Kier molecular flexibility index (Phi) is 4.99. The number of aromatic nitrogens is 3. The first-order valence-corrected chi connectivity index (χ1v) is 8.67. The van der Waals surface area contributed by atoms with Crippen molar-refractivity contribution in [1.82, 2.24) is 20.1 Å². The lowest BCUT2D eigenvalue weighted by molar-refractivity contribution is 0.180. The summed E-state index contributed by atoms with van der Waals surface area (Å²) in [7, 11) is 1.62. The number of hydrogen-bond donors (Lipinski definition) is 1. The third-order valence-corrected chi connectivity index (χ3v) is 4.58. The van der Waals surface area contributed by atoms with Gasteiger partial charge in [0, 0.05) is 11.6 Å². The lowest BCUT2D eigenvalue weighted by Crippen LogP contribution is -2.41. The first kappa shape index (κ1) is 17.4. The Hall–Kier alpha value is -2.97. The van der Waals surface area contributed by atoms with Crippen molar-refractivity contribution in [2.45, 2.75) is 18.6 Å². The van der Waals surface area contributed by atoms with E-state index in [1.165, 1.54) is 17.1 Å². The molecule has 8 heteroatoms. The molecule has 0 aliphatic carbocycles. The third-order valence-electron chi connectivity index (χ3n) is 4.58. The zero-order chi connectivity index (χ0) is 18.6. The highest BCUT2D eigenvalue weighted by atomic mass is 16.5. The number of nitrogens with zero attached hydrogens (tertiary/aromatic N) is 3. The Morgan fingerprint density at radius 3 is 3.04 bits per heavy atom. The van der Waals surface area contributed by atoms with Crippen LogP contribution in [0.2, 0.25) is 0 Å². The fourth-order valence-corrected chi connectivity index (χ4v) is 3.14. The molecule has 0 amide bonds. The van der Waals surface area contributed by atoms with Crippen LogP contribution in [0, 0.1) is 0 Å². The summed E-state index contributed by atoms with van der Waals surface area (Å²) in [5.41, 5.74) is 1.42. The maximum atomic E-state index is 12.5. The van der Waals surface area contributed by atoms with Crippen molar-refractivity contribution < 1.29 is 13.9 Å². The standard InChI is InChI=1S/C19H20N4O4/c1-25-14-4-2-3-13(7-14)16-5-6-19(24)23(22-16)18-11-26-10-17(18)21-9-15-8-20-12-27-15/h2-8,12,17-18,21H,9-11H2,1H3. The van der Waals surface area contributed by atoms with Gasteiger partial charge in [-0.2, -0.15) is 5.10 Å². The van der Waals surface area contributed by atoms with Crippen molar-refractivity contribution in [3.63, 3.8) is 0 Å². The SMILES string of the molecule is COc1cccc(-c2ccc(=O)n(C3COCC3NCc3cnco3)n2)c1. The van der Waals surface area contributed by atoms with Crippen LogP contribution in [0.3, 0.4) is 0 Å². The van der Waals surface area contributed by atoms with Crippen LogP contribution in [0.15, 0.2) is 58.2 Å². The van der Waals surface area contributed by atoms with Crippen LogP contribution in [0.25, 0.3) is 11.3 Å². The van der Waals surface area contributed by atoms with Gasteiger partial charge in [-0.1, -0.05) is 12.1 Å². The van der Waals surface area contributed by atoms with Crippen LogP contribution in [0.1, 0.15) is 11.8 Å². The molecule has 0 bridgehead atoms. The first-order valence-electron chi connectivity index (χ1n) is 8.67. The predicted molar refractivity (Wildman–Crippen MR) is 97.5 cm³/mol. The number of oxazole rings is 1. The average molecular weight is 368 g/mol. The minimum Gasteiger partial charge on any atom is -0.497 e. The van der Waals surface area contributed by atoms with Crippen molar-refractivity contribution in [2.24, 2.45) is 0 Å². The molecule has 1 fully saturated rings. The minimum atomic E-state index is -0.203. The summed E-state index contributed by atoms with van der Waals surface area (Å²) in [6, 6.07) is 10.6. The quantitative estimate of drug-likeness (QED) is 0.707. The van der Waals surface area contributed by atoms with Crippen molar-refractivity contribution in [2.75, 3.05) is 20.3 Å². The van der Waals surface area contributed by atoms with E-state index in [1.54, 1.807) is 19.4 Å². The number of hydrogen-bond acceptors (Lipinski definition) is 7. The van der Waals surface area contributed by atoms with E-state index < -0.39 is 0 Å². The second-order valence-corrected chi connectivity index (χ2v) is 6.29. The van der Waals surface area contributed by atoms with Gasteiger partial charge in [-0.25, -0.2) is 9.67 Å². The van der Waals surface area contributed by atoms with Crippen LogP contribution < -0.4 is 15.6 Å². The minimum absolute atomic E-state index is 0.0548. The maximum absolute atomic E-state index is 12.5. The van der Waals surface area contributed by atoms with Gasteiger partial charge >= 0.3 is 0 Å². The van der Waals surface area contributed by atoms with E-state index >= 15 is 0 Å². The molecule has 4 rings (SSSR count). The highest BCUT2D eigenvalue weighted by molar-refractivity contribution is 5.60. The molecule has 2 unspecified atom stereocenters. The van der Waals surface area contributed by atoms with Gasteiger partial charge < -0.3 is 19.2 Å². The van der Waals surface area contributed by atoms with Gasteiger partial charge in [-0.15, -0.1) is 0 Å². The van der Waals surface area contributed by atoms with Gasteiger partial charge in [0.2, 0.25) is 0 Å². The Labute approximate surface area is 155 Å². The topological polar surface area (TPSA) is 91.4 Å². The molecule has 1 aliphatic rings. The van der Waals surface area contributed by atoms with Crippen LogP contribution >= 0.6 is 0 Å². The average Bonchev–Trinajstić information content (AvgIpc) is 3.38. The Morgan fingerprint density at radius 2 is 2.22 bits per heavy atom. The zero-order valence-corrected chi connectivity index (χ0v) is 14.9. The number of nitrogens with one attached hydrogen (secondary N) is 1. The van der Waals surface area contributed by atoms with E-state index in [9.17, 15) is 4.79 Å². The number of rotatable bonds is 6. The molecular weight excluding hydrogens is 348 g/mol. The largest absolute Gasteiger partial charge is 0.497 e. The van der Waals surface area contributed by atoms with Gasteiger partial charge in [0.1, 0.15) is 11.5 Å². The number of methoxy groups -OCH3 is 1. The molecule has 8 nitrogen and oxygen atoms in total. The van der Waals surface area contributed by atoms with Crippen LogP contribution in [0.4, 0.5) is 0 Å². The fraction of sp³-hybridized carbons (Fsp3) is 0.316. The second-order valence-electron chi connectivity index (χ2n) is 6.29. The molecule has 0 saturated carbocycles. The van der Waals surface area contributed by atoms with Gasteiger partial charge in [-0.05, 0) is 18.2 Å². The fourth-order valence-electron chi connectivity index (χ4n) is 3.14. The summed E-state index contributed by atoms with van der Waals surface area (Å²) < 4.78 is 17.6. The van der Waals surface area contributed by atoms with Crippen LogP contribution in [-0.4, -0.2) is 41.1 Å². The molecule has 0 spiro atoms. The summed E-state index contributed by atoms with van der Waals surface area (Å²) in [6.45, 7) is 1.42. The Morgan fingerprint density at radius 1 is 1.30 bits per heavy atom. The molecule has 140 valence electrons. The van der Waals surface area contributed by atoms with Crippen molar-refractivity contribution in [3.8, 4) is 17.0 Å². The van der Waals surface area contributed by atoms with E-state index in [0.29, 0.717) is 25.5 Å². The van der Waals surface area contributed by atoms with Gasteiger partial charge in [0.15, 0.2) is 6.39 Å². The summed E-state index contributed by atoms with van der Waals surface area (Å²) in [4.78, 5) is 16.4. The monoisotopic (exact) mass is 368 g/mol. The van der Waals surface area contributed by atoms with E-state index in [2.05, 4.69) is 15.4 Å². The Balaban J connectivity index is 1.59. The molecule has 1 saturated heterocycles. The molecule has 3 aromatic rings. The smallest absolute Gasteiger partial charge is 0.267 e. The summed E-state index contributed by atoms with van der Waals surface area (Å²) >= 11 is 0. The molecule has 1 aliphatic heterocycles. The van der Waals surface area contributed by atoms with Crippen molar-refractivity contribution >= 4 is 0 Å². The van der Waals surface area contributed by atoms with Crippen LogP contribution in [0.5, 0.6) is 5.75 Å². The van der Waals surface area contributed by atoms with Crippen molar-refractivity contribution in [3.05, 3.63) is 65.1 Å². The highest BCUT2D eigenvalue weighted by Crippen LogP contribution is 2.23. The lowest BCUT2D eigenvalue weighted by atomic mass is 10.1. The first-order chi connectivity index (χ1) is 13.2. The molecule has 2 atom stereocenters. The second kappa shape index (κ2) is 7.73. The third kappa shape index (κ3) is 3.76. The summed E-state index contributed by atoms with van der Waals surface area (Å²) in [5.74, 6) is 1.47. The van der Waals surface area contributed by atoms with Crippen LogP contribution in [-0.2, 0) is 11.3 Å². The highest BCUT2D eigenvalue weighted by Gasteiger charge is 2.31. The summed E-state index contributed by atoms with van der Waals surface area (Å²) in [6.07, 6.45) is 3.05. The molecule has 27 heavy (non-hydrogen) atoms. The number of ether oxygens (including phenoxy) is 2. The molecule has 3 heterocycles. The molecule has 1 N–H and O–H groups in total. The maximum Gasteiger partial charge on any atom is 0.267 e.